The summed E-state index contributed by atoms with van der Waals surface area (Å²) in [6.07, 6.45) is -4.91. The second-order valence-electron chi connectivity index (χ2n) is 6.74. The predicted octanol–water partition coefficient (Wildman–Crippen LogP) is 4.57. The number of halogens is 4. The molecule has 3 aromatic rings. The van der Waals surface area contributed by atoms with Gasteiger partial charge in [0.2, 0.25) is 0 Å². The summed E-state index contributed by atoms with van der Waals surface area (Å²) in [5.74, 6) is -2.07. The van der Waals surface area contributed by atoms with E-state index in [-0.39, 0.29) is 30.3 Å². The van der Waals surface area contributed by atoms with Gasteiger partial charge >= 0.3 is 6.36 Å². The monoisotopic (exact) mass is 465 g/mol. The van der Waals surface area contributed by atoms with E-state index in [1.54, 1.807) is 24.3 Å². The minimum atomic E-state index is -4.91. The summed E-state index contributed by atoms with van der Waals surface area (Å²) in [5.41, 5.74) is 7.32. The molecule has 0 atom stereocenters. The number of anilines is 1. The second kappa shape index (κ2) is 10.2. The van der Waals surface area contributed by atoms with E-state index >= 15 is 0 Å². The number of benzene rings is 2. The number of amides is 1. The number of nitrogens with one attached hydrogen (secondary N) is 1. The Labute approximate surface area is 186 Å². The standard InChI is InChI=1S/C22H19F4N3O4/c1-31-12-14-4-8-17(20(27)29-14)21(30)28-11-13-2-5-15(6-3-13)32-19-10-16(7-9-18(19)23)33-22(24,25)26/h2-10H,11-12H2,1H3,(H2,27,29)(H,28,30). The molecule has 0 fully saturated rings. The molecule has 0 saturated carbocycles. The number of hydrogen-bond donors (Lipinski definition) is 2. The Morgan fingerprint density at radius 1 is 1.06 bits per heavy atom. The average molecular weight is 465 g/mol. The zero-order chi connectivity index (χ0) is 24.0. The van der Waals surface area contributed by atoms with Crippen LogP contribution in [0.5, 0.6) is 17.2 Å². The molecule has 0 radical (unpaired) electrons. The Balaban J connectivity index is 1.61. The van der Waals surface area contributed by atoms with Gasteiger partial charge in [0.15, 0.2) is 11.6 Å². The highest BCUT2D eigenvalue weighted by Crippen LogP contribution is 2.31. The van der Waals surface area contributed by atoms with Crippen LogP contribution < -0.4 is 20.5 Å². The van der Waals surface area contributed by atoms with Gasteiger partial charge in [-0.05, 0) is 42.0 Å². The van der Waals surface area contributed by atoms with E-state index in [1.807, 2.05) is 0 Å². The van der Waals surface area contributed by atoms with Gasteiger partial charge in [-0.25, -0.2) is 9.37 Å². The van der Waals surface area contributed by atoms with Crippen LogP contribution >= 0.6 is 0 Å². The number of alkyl halides is 3. The fourth-order valence-electron chi connectivity index (χ4n) is 2.78. The SMILES string of the molecule is COCc1ccc(C(=O)NCc2ccc(Oc3cc(OC(F)(F)F)ccc3F)cc2)c(N)n1. The van der Waals surface area contributed by atoms with Crippen molar-refractivity contribution in [1.82, 2.24) is 10.3 Å². The number of carbonyl (C=O) groups excluding carboxylic acids is 1. The van der Waals surface area contributed by atoms with Gasteiger partial charge in [-0.3, -0.25) is 4.79 Å². The van der Waals surface area contributed by atoms with Crippen molar-refractivity contribution in [2.45, 2.75) is 19.5 Å². The molecular formula is C22H19F4N3O4. The first-order chi connectivity index (χ1) is 15.6. The molecule has 3 N–H and O–H groups in total. The van der Waals surface area contributed by atoms with Crippen LogP contribution in [0.15, 0.2) is 54.6 Å². The smallest absolute Gasteiger partial charge is 0.454 e. The third-order valence-electron chi connectivity index (χ3n) is 4.26. The fourth-order valence-corrected chi connectivity index (χ4v) is 2.78. The number of rotatable bonds is 8. The van der Waals surface area contributed by atoms with Crippen LogP contribution in [-0.4, -0.2) is 24.4 Å². The van der Waals surface area contributed by atoms with Crippen molar-refractivity contribution in [3.05, 3.63) is 77.2 Å². The topological polar surface area (TPSA) is 95.7 Å². The molecule has 0 unspecified atom stereocenters. The van der Waals surface area contributed by atoms with Crippen molar-refractivity contribution in [1.29, 1.82) is 0 Å². The normalized spacial score (nSPS) is 11.2. The van der Waals surface area contributed by atoms with Gasteiger partial charge in [0.05, 0.1) is 17.9 Å². The molecule has 0 bridgehead atoms. The minimum absolute atomic E-state index is 0.0737. The minimum Gasteiger partial charge on any atom is -0.454 e. The zero-order valence-electron chi connectivity index (χ0n) is 17.3. The third-order valence-corrected chi connectivity index (χ3v) is 4.26. The molecule has 0 aliphatic rings. The van der Waals surface area contributed by atoms with Gasteiger partial charge in [-0.15, -0.1) is 13.2 Å². The van der Waals surface area contributed by atoms with Crippen molar-refractivity contribution in [3.8, 4) is 17.2 Å². The molecule has 0 spiro atoms. The van der Waals surface area contributed by atoms with Crippen molar-refractivity contribution in [2.75, 3.05) is 12.8 Å². The average Bonchev–Trinajstić information content (AvgIpc) is 2.75. The van der Waals surface area contributed by atoms with Gasteiger partial charge in [0.1, 0.15) is 17.3 Å². The number of methoxy groups -OCH3 is 1. The maximum Gasteiger partial charge on any atom is 0.573 e. The van der Waals surface area contributed by atoms with E-state index < -0.39 is 29.6 Å². The van der Waals surface area contributed by atoms with E-state index in [0.29, 0.717) is 11.3 Å². The molecule has 11 heteroatoms. The van der Waals surface area contributed by atoms with Gasteiger partial charge in [-0.1, -0.05) is 12.1 Å². The zero-order valence-corrected chi connectivity index (χ0v) is 17.3. The molecule has 2 aromatic carbocycles. The number of pyridine rings is 1. The highest BCUT2D eigenvalue weighted by molar-refractivity contribution is 5.98. The molecule has 174 valence electrons. The highest BCUT2D eigenvalue weighted by Gasteiger charge is 2.31. The Morgan fingerprint density at radius 2 is 1.76 bits per heavy atom. The second-order valence-corrected chi connectivity index (χ2v) is 6.74. The number of ether oxygens (including phenoxy) is 3. The van der Waals surface area contributed by atoms with E-state index in [9.17, 15) is 22.4 Å². The van der Waals surface area contributed by atoms with Crippen LogP contribution in [0, 0.1) is 5.82 Å². The summed E-state index contributed by atoms with van der Waals surface area (Å²) < 4.78 is 65.0. The quantitative estimate of drug-likeness (QED) is 0.473. The summed E-state index contributed by atoms with van der Waals surface area (Å²) in [6.45, 7) is 0.422. The first kappa shape index (κ1) is 23.8. The van der Waals surface area contributed by atoms with Gasteiger partial charge in [-0.2, -0.15) is 0 Å². The van der Waals surface area contributed by atoms with E-state index in [2.05, 4.69) is 15.0 Å². The number of carbonyl (C=O) groups is 1. The van der Waals surface area contributed by atoms with Gasteiger partial charge < -0.3 is 25.3 Å². The fraction of sp³-hybridized carbons (Fsp3) is 0.182. The van der Waals surface area contributed by atoms with Gasteiger partial charge in [0.25, 0.3) is 5.91 Å². The molecular weight excluding hydrogens is 446 g/mol. The Hall–Kier alpha value is -3.86. The molecule has 0 aliphatic carbocycles. The van der Waals surface area contributed by atoms with E-state index in [0.717, 1.165) is 18.2 Å². The maximum absolute atomic E-state index is 13.9. The van der Waals surface area contributed by atoms with Crippen molar-refractivity contribution in [3.63, 3.8) is 0 Å². The van der Waals surface area contributed by atoms with E-state index in [4.69, 9.17) is 15.2 Å². The lowest BCUT2D eigenvalue weighted by Gasteiger charge is -2.12. The third kappa shape index (κ3) is 6.81. The largest absolute Gasteiger partial charge is 0.573 e. The van der Waals surface area contributed by atoms with Crippen LogP contribution in [0.2, 0.25) is 0 Å². The first-order valence-corrected chi connectivity index (χ1v) is 9.49. The molecule has 0 aliphatic heterocycles. The lowest BCUT2D eigenvalue weighted by molar-refractivity contribution is -0.274. The predicted molar refractivity (Wildman–Crippen MR) is 110 cm³/mol. The first-order valence-electron chi connectivity index (χ1n) is 9.49. The van der Waals surface area contributed by atoms with Crippen LogP contribution in [-0.2, 0) is 17.9 Å². The summed E-state index contributed by atoms with van der Waals surface area (Å²) in [4.78, 5) is 16.5. The Bertz CT molecular complexity index is 1120. The molecule has 7 nitrogen and oxygen atoms in total. The van der Waals surface area contributed by atoms with Crippen LogP contribution in [0.1, 0.15) is 21.6 Å². The number of nitrogens with two attached hydrogens (primary N) is 1. The van der Waals surface area contributed by atoms with E-state index in [1.165, 1.54) is 19.2 Å². The van der Waals surface area contributed by atoms with Crippen LogP contribution in [0.3, 0.4) is 0 Å². The van der Waals surface area contributed by atoms with Crippen LogP contribution in [0.4, 0.5) is 23.4 Å². The van der Waals surface area contributed by atoms with Crippen LogP contribution in [0.25, 0.3) is 0 Å². The lowest BCUT2D eigenvalue weighted by atomic mass is 10.2. The summed E-state index contributed by atoms with van der Waals surface area (Å²) in [5, 5.41) is 2.70. The number of hydrogen-bond acceptors (Lipinski definition) is 6. The summed E-state index contributed by atoms with van der Waals surface area (Å²) >= 11 is 0. The highest BCUT2D eigenvalue weighted by atomic mass is 19.4. The van der Waals surface area contributed by atoms with Gasteiger partial charge in [0, 0.05) is 19.7 Å². The van der Waals surface area contributed by atoms with Crippen molar-refractivity contribution < 1.29 is 36.6 Å². The van der Waals surface area contributed by atoms with Crippen molar-refractivity contribution >= 4 is 11.7 Å². The Kier molecular flexibility index (Phi) is 7.34. The molecule has 0 saturated heterocycles. The maximum atomic E-state index is 13.9. The summed E-state index contributed by atoms with van der Waals surface area (Å²) in [6, 6.07) is 11.8. The van der Waals surface area contributed by atoms with Crippen molar-refractivity contribution in [2.24, 2.45) is 0 Å². The molecule has 1 amide bonds. The molecule has 3 rings (SSSR count). The lowest BCUT2D eigenvalue weighted by Crippen LogP contribution is -2.24. The molecule has 1 heterocycles. The molecule has 1 aromatic heterocycles. The number of aromatic nitrogens is 1. The Morgan fingerprint density at radius 3 is 2.39 bits per heavy atom. The number of nitrogens with zero attached hydrogens (tertiary/aromatic N) is 1. The molecule has 33 heavy (non-hydrogen) atoms. The summed E-state index contributed by atoms with van der Waals surface area (Å²) in [7, 11) is 1.52. The number of nitrogen functional groups attached to an aromatic ring is 1.